The lowest BCUT2D eigenvalue weighted by Gasteiger charge is -2.08. The fourth-order valence-corrected chi connectivity index (χ4v) is 2.32. The molecule has 2 aromatic heterocycles. The molecule has 0 spiro atoms. The van der Waals surface area contributed by atoms with Gasteiger partial charge in [-0.25, -0.2) is 0 Å². The fraction of sp³-hybridized carbons (Fsp3) is 0.214. The lowest BCUT2D eigenvalue weighted by molar-refractivity contribution is 0.101. The van der Waals surface area contributed by atoms with E-state index in [1.807, 2.05) is 25.1 Å². The first-order valence-electron chi connectivity index (χ1n) is 6.68. The summed E-state index contributed by atoms with van der Waals surface area (Å²) < 4.78 is 1.61. The average molecular weight is 284 g/mol. The minimum absolute atomic E-state index is 0.274. The number of aryl methyl sites for hydroxylation is 2. The van der Waals surface area contributed by atoms with E-state index in [4.69, 9.17) is 5.73 Å². The number of hydrogen-bond donors (Lipinski definition) is 3. The van der Waals surface area contributed by atoms with Gasteiger partial charge in [0.1, 0.15) is 5.69 Å². The first-order valence-corrected chi connectivity index (χ1v) is 6.68. The Morgan fingerprint density at radius 2 is 2.29 bits per heavy atom. The third-order valence-corrected chi connectivity index (χ3v) is 3.42. The summed E-state index contributed by atoms with van der Waals surface area (Å²) in [5.41, 5.74) is 8.96. The number of hydrogen-bond acceptors (Lipinski definition) is 4. The average Bonchev–Trinajstić information content (AvgIpc) is 3.05. The van der Waals surface area contributed by atoms with Gasteiger partial charge in [-0.15, -0.1) is 0 Å². The number of H-pyrrole nitrogens is 1. The number of nitrogens with one attached hydrogen (secondary N) is 2. The first-order chi connectivity index (χ1) is 10.1. The Hall–Kier alpha value is -2.83. The van der Waals surface area contributed by atoms with Crippen molar-refractivity contribution in [3.05, 3.63) is 35.8 Å². The van der Waals surface area contributed by atoms with Crippen molar-refractivity contribution in [1.82, 2.24) is 20.0 Å². The molecule has 3 aromatic rings. The molecule has 0 atom stereocenters. The fourth-order valence-electron chi connectivity index (χ4n) is 2.32. The molecule has 7 nitrogen and oxygen atoms in total. The quantitative estimate of drug-likeness (QED) is 0.683. The molecule has 4 N–H and O–H groups in total. The van der Waals surface area contributed by atoms with Gasteiger partial charge in [-0.1, -0.05) is 6.07 Å². The van der Waals surface area contributed by atoms with E-state index in [0.717, 1.165) is 10.9 Å². The van der Waals surface area contributed by atoms with Crippen LogP contribution in [0.5, 0.6) is 0 Å². The maximum absolute atomic E-state index is 12.5. The molecular weight excluding hydrogens is 268 g/mol. The Balaban J connectivity index is 1.99. The van der Waals surface area contributed by atoms with E-state index in [2.05, 4.69) is 20.6 Å². The molecule has 0 aliphatic rings. The number of amides is 1. The van der Waals surface area contributed by atoms with Crippen LogP contribution < -0.4 is 11.1 Å². The number of anilines is 2. The van der Waals surface area contributed by atoms with Crippen molar-refractivity contribution in [1.29, 1.82) is 0 Å². The van der Waals surface area contributed by atoms with Crippen molar-refractivity contribution in [2.24, 2.45) is 0 Å². The summed E-state index contributed by atoms with van der Waals surface area (Å²) in [6.07, 6.45) is 1.68. The number of benzene rings is 1. The number of nitrogens with two attached hydrogens (primary N) is 1. The largest absolute Gasteiger partial charge is 0.395 e. The van der Waals surface area contributed by atoms with Crippen LogP contribution in [0.2, 0.25) is 0 Å². The molecule has 0 fully saturated rings. The number of nitrogens with zero attached hydrogens (tertiary/aromatic N) is 3. The van der Waals surface area contributed by atoms with E-state index in [0.29, 0.717) is 29.3 Å². The summed E-state index contributed by atoms with van der Waals surface area (Å²) in [6.45, 7) is 4.28. The van der Waals surface area contributed by atoms with Crippen LogP contribution in [0, 0.1) is 6.92 Å². The van der Waals surface area contributed by atoms with E-state index in [9.17, 15) is 4.79 Å². The topological polar surface area (TPSA) is 102 Å². The minimum Gasteiger partial charge on any atom is -0.395 e. The predicted octanol–water partition coefficient (Wildman–Crippen LogP) is 1.92. The summed E-state index contributed by atoms with van der Waals surface area (Å²) in [4.78, 5) is 12.5. The third-order valence-electron chi connectivity index (χ3n) is 3.42. The lowest BCUT2D eigenvalue weighted by atomic mass is 10.2. The maximum atomic E-state index is 12.5. The van der Waals surface area contributed by atoms with E-state index < -0.39 is 0 Å². The highest BCUT2D eigenvalue weighted by atomic mass is 16.2. The van der Waals surface area contributed by atoms with Gasteiger partial charge in [-0.05, 0) is 26.0 Å². The third kappa shape index (κ3) is 2.12. The highest BCUT2D eigenvalue weighted by molar-refractivity contribution is 6.10. The summed E-state index contributed by atoms with van der Waals surface area (Å²) in [7, 11) is 0. The van der Waals surface area contributed by atoms with Gasteiger partial charge < -0.3 is 11.1 Å². The number of nitrogen functional groups attached to an aromatic ring is 1. The smallest absolute Gasteiger partial charge is 0.276 e. The zero-order valence-corrected chi connectivity index (χ0v) is 11.8. The number of rotatable bonds is 3. The van der Waals surface area contributed by atoms with Crippen molar-refractivity contribution < 1.29 is 4.79 Å². The molecule has 0 saturated heterocycles. The van der Waals surface area contributed by atoms with Crippen LogP contribution in [-0.4, -0.2) is 25.9 Å². The van der Waals surface area contributed by atoms with Crippen LogP contribution in [0.3, 0.4) is 0 Å². The second-order valence-electron chi connectivity index (χ2n) is 4.75. The zero-order chi connectivity index (χ0) is 15.0. The summed E-state index contributed by atoms with van der Waals surface area (Å²) in [5, 5.41) is 14.8. The molecule has 108 valence electrons. The van der Waals surface area contributed by atoms with Crippen LogP contribution >= 0.6 is 0 Å². The monoisotopic (exact) mass is 284 g/mol. The number of aromatic nitrogens is 4. The van der Waals surface area contributed by atoms with Gasteiger partial charge in [-0.2, -0.15) is 10.2 Å². The molecule has 0 unspecified atom stereocenters. The Labute approximate surface area is 121 Å². The van der Waals surface area contributed by atoms with E-state index in [1.54, 1.807) is 17.8 Å². The summed E-state index contributed by atoms with van der Waals surface area (Å²) in [6, 6.07) is 5.57. The SMILES string of the molecule is CCn1nc(C)c(N)c1C(=O)Nc1cccc2[nH]ncc12. The van der Waals surface area contributed by atoms with Crippen molar-refractivity contribution in [2.75, 3.05) is 11.1 Å². The van der Waals surface area contributed by atoms with Crippen molar-refractivity contribution in [2.45, 2.75) is 20.4 Å². The normalized spacial score (nSPS) is 11.0. The molecule has 2 heterocycles. The van der Waals surface area contributed by atoms with E-state index in [-0.39, 0.29) is 5.91 Å². The van der Waals surface area contributed by atoms with Crippen LogP contribution in [0.25, 0.3) is 10.9 Å². The number of carbonyl (C=O) groups is 1. The molecule has 3 rings (SSSR count). The molecular formula is C14H16N6O. The second-order valence-corrected chi connectivity index (χ2v) is 4.75. The zero-order valence-electron chi connectivity index (χ0n) is 11.8. The minimum atomic E-state index is -0.274. The highest BCUT2D eigenvalue weighted by Gasteiger charge is 2.19. The number of carbonyl (C=O) groups excluding carboxylic acids is 1. The van der Waals surface area contributed by atoms with Crippen molar-refractivity contribution in [3.63, 3.8) is 0 Å². The molecule has 0 aliphatic carbocycles. The van der Waals surface area contributed by atoms with E-state index in [1.165, 1.54) is 0 Å². The number of fused-ring (bicyclic) bond motifs is 1. The standard InChI is InChI=1S/C14H16N6O/c1-3-20-13(12(15)8(2)19-20)14(21)17-10-5-4-6-11-9(10)7-16-18-11/h4-7H,3,15H2,1-2H3,(H,16,18)(H,17,21). The molecule has 1 aromatic carbocycles. The van der Waals surface area contributed by atoms with Crippen molar-refractivity contribution in [3.8, 4) is 0 Å². The molecule has 0 aliphatic heterocycles. The van der Waals surface area contributed by atoms with Crippen LogP contribution in [-0.2, 0) is 6.54 Å². The van der Waals surface area contributed by atoms with E-state index >= 15 is 0 Å². The van der Waals surface area contributed by atoms with Gasteiger partial charge in [-0.3, -0.25) is 14.6 Å². The Kier molecular flexibility index (Phi) is 3.09. The van der Waals surface area contributed by atoms with Gasteiger partial charge in [0.2, 0.25) is 0 Å². The van der Waals surface area contributed by atoms with Crippen LogP contribution in [0.15, 0.2) is 24.4 Å². The summed E-state index contributed by atoms with van der Waals surface area (Å²) in [5.74, 6) is -0.274. The Morgan fingerprint density at radius 3 is 3.05 bits per heavy atom. The van der Waals surface area contributed by atoms with Crippen LogP contribution in [0.1, 0.15) is 23.1 Å². The Morgan fingerprint density at radius 1 is 1.48 bits per heavy atom. The predicted molar refractivity (Wildman–Crippen MR) is 81.1 cm³/mol. The molecule has 21 heavy (non-hydrogen) atoms. The maximum Gasteiger partial charge on any atom is 0.276 e. The van der Waals surface area contributed by atoms with Gasteiger partial charge in [0.05, 0.1) is 28.8 Å². The molecule has 0 saturated carbocycles. The molecule has 1 amide bonds. The van der Waals surface area contributed by atoms with Crippen LogP contribution in [0.4, 0.5) is 11.4 Å². The number of aromatic amines is 1. The van der Waals surface area contributed by atoms with Gasteiger partial charge in [0.25, 0.3) is 5.91 Å². The Bertz CT molecular complexity index is 816. The van der Waals surface area contributed by atoms with Gasteiger partial charge in [0, 0.05) is 11.9 Å². The molecule has 0 bridgehead atoms. The second kappa shape index (κ2) is 4.93. The lowest BCUT2D eigenvalue weighted by Crippen LogP contribution is -2.18. The summed E-state index contributed by atoms with van der Waals surface area (Å²) >= 11 is 0. The highest BCUT2D eigenvalue weighted by Crippen LogP contribution is 2.23. The first kappa shape index (κ1) is 13.2. The molecule has 7 heteroatoms. The van der Waals surface area contributed by atoms with Gasteiger partial charge >= 0.3 is 0 Å². The molecule has 0 radical (unpaired) electrons. The van der Waals surface area contributed by atoms with Crippen molar-refractivity contribution >= 4 is 28.2 Å². The van der Waals surface area contributed by atoms with Gasteiger partial charge in [0.15, 0.2) is 0 Å².